The molecule has 1 N–H and O–H groups in total. The number of unbranched alkanes of at least 4 members (excludes halogenated alkanes) is 1. The minimum absolute atomic E-state index is 0.0885. The van der Waals surface area contributed by atoms with E-state index in [2.05, 4.69) is 5.32 Å². The molecule has 1 rings (SSSR count). The highest BCUT2D eigenvalue weighted by Gasteiger charge is 2.19. The number of benzene rings is 1. The van der Waals surface area contributed by atoms with Gasteiger partial charge in [-0.15, -0.1) is 0 Å². The number of amides is 1. The Morgan fingerprint density at radius 2 is 2.10 bits per heavy atom. The number of rotatable bonds is 7. The molecule has 1 aromatic carbocycles. The van der Waals surface area contributed by atoms with Crippen molar-refractivity contribution in [1.29, 1.82) is 0 Å². The zero-order valence-corrected chi connectivity index (χ0v) is 12.0. The molecular weight excluding hydrogens is 276 g/mol. The number of nitrogens with zero attached hydrogens (tertiary/aromatic N) is 1. The lowest BCUT2D eigenvalue weighted by Gasteiger charge is -2.08. The molecule has 1 aromatic rings. The number of carbonyl (C=O) groups is 2. The van der Waals surface area contributed by atoms with E-state index in [1.54, 1.807) is 0 Å². The normalized spacial score (nSPS) is 10.0. The van der Waals surface area contributed by atoms with Crippen LogP contribution in [0, 0.1) is 17.0 Å². The van der Waals surface area contributed by atoms with E-state index < -0.39 is 17.5 Å². The van der Waals surface area contributed by atoms with Gasteiger partial charge in [-0.1, -0.05) is 19.4 Å². The van der Waals surface area contributed by atoms with Crippen LogP contribution in [0.3, 0.4) is 0 Å². The summed E-state index contributed by atoms with van der Waals surface area (Å²) in [6.07, 6.45) is 1.80. The maximum Gasteiger partial charge on any atom is 0.339 e. The van der Waals surface area contributed by atoms with Gasteiger partial charge in [0.15, 0.2) is 6.61 Å². The molecule has 0 spiro atoms. The van der Waals surface area contributed by atoms with Gasteiger partial charge >= 0.3 is 5.97 Å². The SMILES string of the molecule is CCCCNC(=O)COC(=O)c1cccc([N+](=O)[O-])c1C. The van der Waals surface area contributed by atoms with Crippen LogP contribution in [-0.4, -0.2) is 30.0 Å². The van der Waals surface area contributed by atoms with Crippen LogP contribution in [0.25, 0.3) is 0 Å². The van der Waals surface area contributed by atoms with Crippen LogP contribution in [0.4, 0.5) is 5.69 Å². The zero-order valence-electron chi connectivity index (χ0n) is 12.0. The lowest BCUT2D eigenvalue weighted by Crippen LogP contribution is -2.29. The fraction of sp³-hybridized carbons (Fsp3) is 0.429. The van der Waals surface area contributed by atoms with Crippen molar-refractivity contribution < 1.29 is 19.2 Å². The molecule has 0 heterocycles. The molecule has 7 heteroatoms. The molecular formula is C14H18N2O5. The van der Waals surface area contributed by atoms with E-state index in [1.165, 1.54) is 25.1 Å². The number of ether oxygens (including phenoxy) is 1. The molecule has 21 heavy (non-hydrogen) atoms. The summed E-state index contributed by atoms with van der Waals surface area (Å²) in [5.74, 6) is -1.14. The Morgan fingerprint density at radius 1 is 1.38 bits per heavy atom. The molecule has 0 aliphatic heterocycles. The smallest absolute Gasteiger partial charge is 0.339 e. The minimum Gasteiger partial charge on any atom is -0.452 e. The number of nitrogens with one attached hydrogen (secondary N) is 1. The second-order valence-corrected chi connectivity index (χ2v) is 4.49. The summed E-state index contributed by atoms with van der Waals surface area (Å²) < 4.78 is 4.86. The molecule has 0 saturated carbocycles. The Balaban J connectivity index is 2.62. The zero-order chi connectivity index (χ0) is 15.8. The van der Waals surface area contributed by atoms with E-state index >= 15 is 0 Å². The third-order valence-corrected chi connectivity index (χ3v) is 2.91. The Hall–Kier alpha value is -2.44. The Kier molecular flexibility index (Phi) is 6.32. The van der Waals surface area contributed by atoms with E-state index in [9.17, 15) is 19.7 Å². The summed E-state index contributed by atoms with van der Waals surface area (Å²) in [7, 11) is 0. The van der Waals surface area contributed by atoms with Gasteiger partial charge in [0.05, 0.1) is 10.5 Å². The summed E-state index contributed by atoms with van der Waals surface area (Å²) in [5, 5.41) is 13.4. The second-order valence-electron chi connectivity index (χ2n) is 4.49. The predicted molar refractivity (Wildman–Crippen MR) is 76.0 cm³/mol. The maximum atomic E-state index is 11.8. The molecule has 7 nitrogen and oxygen atoms in total. The lowest BCUT2D eigenvalue weighted by atomic mass is 10.1. The van der Waals surface area contributed by atoms with Crippen LogP contribution < -0.4 is 5.32 Å². The van der Waals surface area contributed by atoms with E-state index in [-0.39, 0.29) is 22.7 Å². The van der Waals surface area contributed by atoms with Crippen molar-refractivity contribution in [2.75, 3.05) is 13.2 Å². The highest BCUT2D eigenvalue weighted by molar-refractivity contribution is 5.93. The third-order valence-electron chi connectivity index (χ3n) is 2.91. The van der Waals surface area contributed by atoms with E-state index in [0.29, 0.717) is 6.54 Å². The van der Waals surface area contributed by atoms with Gasteiger partial charge in [0.25, 0.3) is 11.6 Å². The summed E-state index contributed by atoms with van der Waals surface area (Å²) in [6.45, 7) is 3.60. The van der Waals surface area contributed by atoms with Crippen LogP contribution in [0.2, 0.25) is 0 Å². The highest BCUT2D eigenvalue weighted by atomic mass is 16.6. The lowest BCUT2D eigenvalue weighted by molar-refractivity contribution is -0.385. The Morgan fingerprint density at radius 3 is 2.71 bits per heavy atom. The van der Waals surface area contributed by atoms with Gasteiger partial charge in [0.2, 0.25) is 0 Å². The van der Waals surface area contributed by atoms with E-state index in [0.717, 1.165) is 12.8 Å². The first kappa shape index (κ1) is 16.6. The summed E-state index contributed by atoms with van der Waals surface area (Å²) >= 11 is 0. The van der Waals surface area contributed by atoms with Gasteiger partial charge in [0.1, 0.15) is 0 Å². The van der Waals surface area contributed by atoms with Crippen LogP contribution in [0.15, 0.2) is 18.2 Å². The Bertz CT molecular complexity index is 542. The third kappa shape index (κ3) is 4.87. The molecule has 0 unspecified atom stereocenters. The number of hydrogen-bond donors (Lipinski definition) is 1. The summed E-state index contributed by atoms with van der Waals surface area (Å²) in [5.41, 5.74) is 0.154. The van der Waals surface area contributed by atoms with Gasteiger partial charge in [-0.25, -0.2) is 4.79 Å². The number of nitro groups is 1. The molecule has 1 amide bonds. The van der Waals surface area contributed by atoms with E-state index in [4.69, 9.17) is 4.74 Å². The molecule has 0 bridgehead atoms. The first-order valence-electron chi connectivity index (χ1n) is 6.65. The average molecular weight is 294 g/mol. The number of carbonyl (C=O) groups excluding carboxylic acids is 2. The van der Waals surface area contributed by atoms with Crippen molar-refractivity contribution >= 4 is 17.6 Å². The van der Waals surface area contributed by atoms with Crippen LogP contribution >= 0.6 is 0 Å². The fourth-order valence-corrected chi connectivity index (χ4v) is 1.71. The second kappa shape index (κ2) is 7.98. The molecule has 0 radical (unpaired) electrons. The van der Waals surface area contributed by atoms with Gasteiger partial charge in [-0.05, 0) is 19.4 Å². The van der Waals surface area contributed by atoms with Gasteiger partial charge < -0.3 is 10.1 Å². The molecule has 0 fully saturated rings. The van der Waals surface area contributed by atoms with Crippen molar-refractivity contribution in [3.05, 3.63) is 39.4 Å². The first-order valence-corrected chi connectivity index (χ1v) is 6.65. The monoisotopic (exact) mass is 294 g/mol. The van der Waals surface area contributed by atoms with Crippen molar-refractivity contribution in [1.82, 2.24) is 5.32 Å². The minimum atomic E-state index is -0.748. The quantitative estimate of drug-likeness (QED) is 0.359. The number of nitro benzene ring substituents is 1. The van der Waals surface area contributed by atoms with Crippen molar-refractivity contribution in [2.45, 2.75) is 26.7 Å². The molecule has 0 atom stereocenters. The maximum absolute atomic E-state index is 11.8. The molecule has 0 aliphatic carbocycles. The first-order chi connectivity index (χ1) is 9.97. The van der Waals surface area contributed by atoms with Crippen molar-refractivity contribution in [2.24, 2.45) is 0 Å². The molecule has 0 saturated heterocycles. The predicted octanol–water partition coefficient (Wildman–Crippen LogP) is 1.98. The van der Waals surface area contributed by atoms with Crippen molar-refractivity contribution in [3.63, 3.8) is 0 Å². The van der Waals surface area contributed by atoms with Crippen molar-refractivity contribution in [3.8, 4) is 0 Å². The molecule has 114 valence electrons. The molecule has 0 aromatic heterocycles. The van der Waals surface area contributed by atoms with Gasteiger partial charge in [-0.3, -0.25) is 14.9 Å². The summed E-state index contributed by atoms with van der Waals surface area (Å²) in [4.78, 5) is 33.5. The van der Waals surface area contributed by atoms with E-state index in [1.807, 2.05) is 6.92 Å². The van der Waals surface area contributed by atoms with Crippen LogP contribution in [0.5, 0.6) is 0 Å². The summed E-state index contributed by atoms with van der Waals surface area (Å²) in [6, 6.07) is 4.15. The molecule has 0 aliphatic rings. The highest BCUT2D eigenvalue weighted by Crippen LogP contribution is 2.21. The van der Waals surface area contributed by atoms with Crippen LogP contribution in [-0.2, 0) is 9.53 Å². The van der Waals surface area contributed by atoms with Gasteiger partial charge in [-0.2, -0.15) is 0 Å². The fourth-order valence-electron chi connectivity index (χ4n) is 1.71. The van der Waals surface area contributed by atoms with Gasteiger partial charge in [0, 0.05) is 18.2 Å². The number of esters is 1. The Labute approximate surface area is 122 Å². The standard InChI is InChI=1S/C14H18N2O5/c1-3-4-8-15-13(17)9-21-14(18)11-6-5-7-12(10(11)2)16(19)20/h5-7H,3-4,8-9H2,1-2H3,(H,15,17). The topological polar surface area (TPSA) is 98.5 Å². The van der Waals surface area contributed by atoms with Crippen LogP contribution in [0.1, 0.15) is 35.7 Å². The largest absolute Gasteiger partial charge is 0.452 e. The average Bonchev–Trinajstić information content (AvgIpc) is 2.45. The number of hydrogen-bond acceptors (Lipinski definition) is 5.